The lowest BCUT2D eigenvalue weighted by atomic mass is 10.4. The minimum absolute atomic E-state index is 0.0563. The molecule has 0 radical (unpaired) electrons. The number of sulfonamides is 1. The molecule has 0 atom stereocenters. The highest BCUT2D eigenvalue weighted by molar-refractivity contribution is 7.89. The van der Waals surface area contributed by atoms with Gasteiger partial charge in [0.2, 0.25) is 10.0 Å². The van der Waals surface area contributed by atoms with Gasteiger partial charge in [-0.1, -0.05) is 6.92 Å². The molecule has 100 valence electrons. The summed E-state index contributed by atoms with van der Waals surface area (Å²) >= 11 is 0. The van der Waals surface area contributed by atoms with Gasteiger partial charge in [-0.25, -0.2) is 13.1 Å². The summed E-state index contributed by atoms with van der Waals surface area (Å²) in [4.78, 5) is 10.7. The quantitative estimate of drug-likeness (QED) is 0.580. The van der Waals surface area contributed by atoms with E-state index in [9.17, 15) is 13.2 Å². The Labute approximate surface area is 105 Å². The lowest BCUT2D eigenvalue weighted by Crippen LogP contribution is -2.29. The monoisotopic (exact) mass is 273 g/mol. The smallest absolute Gasteiger partial charge is 0.269 e. The maximum atomic E-state index is 11.3. The average molecular weight is 273 g/mol. The first kappa shape index (κ1) is 14.3. The molecule has 0 saturated heterocycles. The van der Waals surface area contributed by atoms with E-state index in [0.717, 1.165) is 0 Å². The Balaban J connectivity index is 2.47. The van der Waals surface area contributed by atoms with Gasteiger partial charge >= 0.3 is 0 Å². The molecule has 0 fully saturated rings. The lowest BCUT2D eigenvalue weighted by Gasteiger charge is -2.06. The molecule has 0 aliphatic heterocycles. The number of hydrogen-bond acceptors (Lipinski definition) is 6. The number of nitrogens with zero attached hydrogens (tertiary/aromatic N) is 2. The molecule has 1 aromatic heterocycles. The number of nitrogens with two attached hydrogens (primary N) is 1. The molecule has 1 amide bonds. The zero-order valence-corrected chi connectivity index (χ0v) is 10.7. The predicted octanol–water partition coefficient (Wildman–Crippen LogP) is -1.07. The van der Waals surface area contributed by atoms with Crippen molar-refractivity contribution < 1.29 is 13.2 Å². The summed E-state index contributed by atoms with van der Waals surface area (Å²) in [7, 11) is -3.26. The van der Waals surface area contributed by atoms with Crippen LogP contribution >= 0.6 is 0 Å². The summed E-state index contributed by atoms with van der Waals surface area (Å²) in [5, 5.41) is 10.0. The Morgan fingerprint density at radius 2 is 2.11 bits per heavy atom. The van der Waals surface area contributed by atoms with Gasteiger partial charge in [-0.05, 0) is 12.1 Å². The molecule has 18 heavy (non-hydrogen) atoms. The number of nitrogens with one attached hydrogen (secondary N) is 2. The number of primary amides is 1. The molecule has 0 aliphatic rings. The van der Waals surface area contributed by atoms with Crippen LogP contribution in [0.4, 0.5) is 5.82 Å². The third kappa shape index (κ3) is 4.63. The summed E-state index contributed by atoms with van der Waals surface area (Å²) in [5.74, 6) is -0.351. The van der Waals surface area contributed by atoms with Gasteiger partial charge < -0.3 is 11.1 Å². The molecule has 1 aromatic rings. The van der Waals surface area contributed by atoms with Crippen LogP contribution in [-0.4, -0.2) is 43.4 Å². The fourth-order valence-corrected chi connectivity index (χ4v) is 2.12. The van der Waals surface area contributed by atoms with Gasteiger partial charge in [-0.2, -0.15) is 0 Å². The van der Waals surface area contributed by atoms with Gasteiger partial charge in [-0.15, -0.1) is 10.2 Å². The molecule has 4 N–H and O–H groups in total. The second-order valence-corrected chi connectivity index (χ2v) is 5.34. The van der Waals surface area contributed by atoms with Crippen molar-refractivity contribution in [3.63, 3.8) is 0 Å². The van der Waals surface area contributed by atoms with Crippen molar-refractivity contribution in [1.82, 2.24) is 14.9 Å². The Hall–Kier alpha value is -1.74. The average Bonchev–Trinajstić information content (AvgIpc) is 2.29. The normalized spacial score (nSPS) is 11.2. The Kier molecular flexibility index (Phi) is 4.98. The standard InChI is InChI=1S/C9H15N5O3S/c1-2-12-18(16,17)6-5-11-8-4-3-7(9(10)15)13-14-8/h3-4,12H,2,5-6H2,1H3,(H2,10,15)(H,11,14). The Morgan fingerprint density at radius 3 is 2.61 bits per heavy atom. The van der Waals surface area contributed by atoms with Crippen molar-refractivity contribution in [2.75, 3.05) is 24.2 Å². The Bertz CT molecular complexity index is 499. The highest BCUT2D eigenvalue weighted by Gasteiger charge is 2.08. The van der Waals surface area contributed by atoms with Crippen molar-refractivity contribution in [3.05, 3.63) is 17.8 Å². The number of amides is 1. The fraction of sp³-hybridized carbons (Fsp3) is 0.444. The van der Waals surface area contributed by atoms with Crippen molar-refractivity contribution >= 4 is 21.7 Å². The highest BCUT2D eigenvalue weighted by Crippen LogP contribution is 2.01. The SMILES string of the molecule is CCNS(=O)(=O)CCNc1ccc(C(N)=O)nn1. The van der Waals surface area contributed by atoms with E-state index >= 15 is 0 Å². The largest absolute Gasteiger partial charge is 0.368 e. The van der Waals surface area contributed by atoms with Gasteiger partial charge in [0.05, 0.1) is 5.75 Å². The van der Waals surface area contributed by atoms with Gasteiger partial charge in [0.15, 0.2) is 5.69 Å². The summed E-state index contributed by atoms with van der Waals surface area (Å²) in [6.45, 7) is 2.26. The van der Waals surface area contributed by atoms with E-state index in [1.54, 1.807) is 6.92 Å². The van der Waals surface area contributed by atoms with Crippen LogP contribution in [0.5, 0.6) is 0 Å². The summed E-state index contributed by atoms with van der Waals surface area (Å²) in [6, 6.07) is 2.92. The predicted molar refractivity (Wildman–Crippen MR) is 66.5 cm³/mol. The maximum absolute atomic E-state index is 11.3. The van der Waals surface area contributed by atoms with Gasteiger partial charge in [0.25, 0.3) is 5.91 Å². The van der Waals surface area contributed by atoms with Gasteiger partial charge in [0, 0.05) is 13.1 Å². The van der Waals surface area contributed by atoms with Gasteiger partial charge in [-0.3, -0.25) is 4.79 Å². The molecule has 1 rings (SSSR count). The molecular weight excluding hydrogens is 258 g/mol. The molecule has 0 spiro atoms. The minimum atomic E-state index is -3.26. The highest BCUT2D eigenvalue weighted by atomic mass is 32.2. The second-order valence-electron chi connectivity index (χ2n) is 3.41. The number of carbonyl (C=O) groups is 1. The maximum Gasteiger partial charge on any atom is 0.269 e. The molecule has 0 aliphatic carbocycles. The van der Waals surface area contributed by atoms with Gasteiger partial charge in [0.1, 0.15) is 5.82 Å². The van der Waals surface area contributed by atoms with E-state index in [-0.39, 0.29) is 18.0 Å². The van der Waals surface area contributed by atoms with Crippen LogP contribution in [0.1, 0.15) is 17.4 Å². The zero-order chi connectivity index (χ0) is 13.6. The summed E-state index contributed by atoms with van der Waals surface area (Å²) in [5.41, 5.74) is 5.06. The van der Waals surface area contributed by atoms with Crippen LogP contribution in [0.25, 0.3) is 0 Å². The number of anilines is 1. The van der Waals surface area contributed by atoms with Crippen molar-refractivity contribution in [2.45, 2.75) is 6.92 Å². The topological polar surface area (TPSA) is 127 Å². The van der Waals surface area contributed by atoms with Crippen LogP contribution in [0.3, 0.4) is 0 Å². The molecular formula is C9H15N5O3S. The first-order valence-electron chi connectivity index (χ1n) is 5.29. The van der Waals surface area contributed by atoms with Crippen LogP contribution in [-0.2, 0) is 10.0 Å². The number of rotatable bonds is 7. The number of aromatic nitrogens is 2. The molecule has 0 unspecified atom stereocenters. The molecule has 8 nitrogen and oxygen atoms in total. The fourth-order valence-electron chi connectivity index (χ4n) is 1.16. The Morgan fingerprint density at radius 1 is 1.39 bits per heavy atom. The zero-order valence-electron chi connectivity index (χ0n) is 9.88. The van der Waals surface area contributed by atoms with Crippen LogP contribution in [0.15, 0.2) is 12.1 Å². The first-order chi connectivity index (χ1) is 8.44. The lowest BCUT2D eigenvalue weighted by molar-refractivity contribution is 0.0994. The molecule has 1 heterocycles. The van der Waals surface area contributed by atoms with E-state index in [1.807, 2.05) is 0 Å². The van der Waals surface area contributed by atoms with E-state index in [0.29, 0.717) is 12.4 Å². The van der Waals surface area contributed by atoms with Crippen molar-refractivity contribution in [3.8, 4) is 0 Å². The summed E-state index contributed by atoms with van der Waals surface area (Å²) < 4.78 is 25.0. The number of hydrogen-bond donors (Lipinski definition) is 3. The third-order valence-corrected chi connectivity index (χ3v) is 3.43. The van der Waals surface area contributed by atoms with E-state index < -0.39 is 15.9 Å². The second kappa shape index (κ2) is 6.26. The van der Waals surface area contributed by atoms with E-state index in [1.165, 1.54) is 12.1 Å². The van der Waals surface area contributed by atoms with Crippen LogP contribution < -0.4 is 15.8 Å². The molecule has 0 bridgehead atoms. The van der Waals surface area contributed by atoms with E-state index in [4.69, 9.17) is 5.73 Å². The molecule has 9 heteroatoms. The summed E-state index contributed by atoms with van der Waals surface area (Å²) in [6.07, 6.45) is 0. The van der Waals surface area contributed by atoms with E-state index in [2.05, 4.69) is 20.2 Å². The van der Waals surface area contributed by atoms with Crippen molar-refractivity contribution in [2.24, 2.45) is 5.73 Å². The number of carbonyl (C=O) groups excluding carboxylic acids is 1. The van der Waals surface area contributed by atoms with Crippen LogP contribution in [0, 0.1) is 0 Å². The third-order valence-electron chi connectivity index (χ3n) is 1.96. The molecule has 0 aromatic carbocycles. The van der Waals surface area contributed by atoms with Crippen molar-refractivity contribution in [1.29, 1.82) is 0 Å². The van der Waals surface area contributed by atoms with Crippen LogP contribution in [0.2, 0.25) is 0 Å². The first-order valence-corrected chi connectivity index (χ1v) is 6.94. The molecule has 0 saturated carbocycles. The minimum Gasteiger partial charge on any atom is -0.368 e.